The van der Waals surface area contributed by atoms with Crippen LogP contribution >= 0.6 is 0 Å². The van der Waals surface area contributed by atoms with Gasteiger partial charge in [-0.1, -0.05) is 93.6 Å². The van der Waals surface area contributed by atoms with Crippen LogP contribution in [0, 0.1) is 0 Å². The van der Waals surface area contributed by atoms with Crippen molar-refractivity contribution in [2.24, 2.45) is 0 Å². The van der Waals surface area contributed by atoms with E-state index in [0.29, 0.717) is 11.6 Å². The molecule has 0 saturated heterocycles. The van der Waals surface area contributed by atoms with Crippen molar-refractivity contribution in [3.63, 3.8) is 0 Å². The minimum atomic E-state index is -0.101. The van der Waals surface area contributed by atoms with Gasteiger partial charge in [0.2, 0.25) is 0 Å². The molecule has 0 N–H and O–H groups in total. The van der Waals surface area contributed by atoms with Crippen molar-refractivity contribution in [3.05, 3.63) is 103 Å². The summed E-state index contributed by atoms with van der Waals surface area (Å²) in [7, 11) is 0. The maximum Gasteiger partial charge on any atom is 2.00 e. The second-order valence-electron chi connectivity index (χ2n) is 10.0. The molecule has 4 heterocycles. The Morgan fingerprint density at radius 1 is 0.692 bits per heavy atom. The number of pyridine rings is 2. The van der Waals surface area contributed by atoms with Crippen molar-refractivity contribution >= 4 is 32.6 Å². The molecule has 7 rings (SSSR count). The minimum Gasteiger partial charge on any atom is -0.434 e. The summed E-state index contributed by atoms with van der Waals surface area (Å²) in [5.74, 6) is 2.03. The van der Waals surface area contributed by atoms with Gasteiger partial charge in [-0.25, -0.2) is 0 Å². The summed E-state index contributed by atoms with van der Waals surface area (Å²) < 4.78 is 0. The molecule has 0 radical (unpaired) electrons. The quantitative estimate of drug-likeness (QED) is 0.210. The maximum atomic E-state index is 4.52. The number of imidazole rings is 1. The van der Waals surface area contributed by atoms with Crippen molar-refractivity contribution in [2.45, 2.75) is 26.2 Å². The number of fused-ring (bicyclic) bond motifs is 3. The molecule has 0 saturated carbocycles. The van der Waals surface area contributed by atoms with Crippen molar-refractivity contribution < 1.29 is 19.8 Å². The summed E-state index contributed by atoms with van der Waals surface area (Å²) in [6.45, 7) is 6.22. The average molecular weight is 686 g/mol. The summed E-state index contributed by atoms with van der Waals surface area (Å²) >= 11 is 0. The smallest absolute Gasteiger partial charge is 0.434 e. The van der Waals surface area contributed by atoms with Crippen LogP contribution < -0.4 is 10.1 Å². The Balaban J connectivity index is 0.000000154. The number of hydrogen-bond donors (Lipinski definition) is 0. The van der Waals surface area contributed by atoms with Gasteiger partial charge >= 0.3 is 19.8 Å². The third kappa shape index (κ3) is 5.48. The minimum absolute atomic E-state index is 0. The molecule has 0 atom stereocenters. The van der Waals surface area contributed by atoms with Crippen LogP contribution in [0.15, 0.2) is 97.3 Å². The first-order valence-corrected chi connectivity index (χ1v) is 12.4. The van der Waals surface area contributed by atoms with E-state index in [9.17, 15) is 0 Å². The zero-order valence-electron chi connectivity index (χ0n) is 21.7. The van der Waals surface area contributed by atoms with Crippen molar-refractivity contribution in [3.8, 4) is 23.0 Å². The molecule has 7 aromatic rings. The molecule has 8 heteroatoms. The fourth-order valence-corrected chi connectivity index (χ4v) is 4.18. The van der Waals surface area contributed by atoms with E-state index in [1.807, 2.05) is 72.9 Å². The molecule has 0 aliphatic heterocycles. The zero-order chi connectivity index (χ0) is 26.1. The Kier molecular flexibility index (Phi) is 7.32. The van der Waals surface area contributed by atoms with Crippen molar-refractivity contribution in [1.29, 1.82) is 0 Å². The van der Waals surface area contributed by atoms with Gasteiger partial charge in [-0.2, -0.15) is 0 Å². The van der Waals surface area contributed by atoms with E-state index in [1.54, 1.807) is 6.20 Å². The van der Waals surface area contributed by atoms with Gasteiger partial charge in [0.25, 0.3) is 0 Å². The van der Waals surface area contributed by atoms with E-state index in [4.69, 9.17) is 0 Å². The van der Waals surface area contributed by atoms with Gasteiger partial charge in [0.05, 0.1) is 11.4 Å². The molecule has 0 unspecified atom stereocenters. The molecule has 39 heavy (non-hydrogen) atoms. The first-order valence-electron chi connectivity index (χ1n) is 12.4. The van der Waals surface area contributed by atoms with E-state index in [0.717, 1.165) is 49.8 Å². The van der Waals surface area contributed by atoms with Crippen LogP contribution in [-0.4, -0.2) is 25.0 Å². The first-order chi connectivity index (χ1) is 18.5. The topological polar surface area (TPSA) is 92.6 Å². The summed E-state index contributed by atoms with van der Waals surface area (Å²) in [6, 6.07) is 28.1. The Labute approximate surface area is 239 Å². The van der Waals surface area contributed by atoms with Gasteiger partial charge in [-0.15, -0.1) is 0 Å². The normalized spacial score (nSPS) is 11.3. The van der Waals surface area contributed by atoms with Crippen LogP contribution in [-0.2, 0) is 25.2 Å². The van der Waals surface area contributed by atoms with Gasteiger partial charge in [0.1, 0.15) is 0 Å². The van der Waals surface area contributed by atoms with Crippen molar-refractivity contribution in [1.82, 2.24) is 35.1 Å². The zero-order valence-corrected chi connectivity index (χ0v) is 24.3. The summed E-state index contributed by atoms with van der Waals surface area (Å²) in [6.07, 6.45) is 3.65. The number of nitrogens with zero attached hydrogens (tertiary/aromatic N) is 7. The van der Waals surface area contributed by atoms with Crippen LogP contribution in [0.25, 0.3) is 55.6 Å². The molecular weight excluding hydrogens is 661 g/mol. The van der Waals surface area contributed by atoms with E-state index >= 15 is 0 Å². The molecule has 192 valence electrons. The molecule has 4 aromatic heterocycles. The molecule has 0 fully saturated rings. The van der Waals surface area contributed by atoms with Gasteiger partial charge in [0, 0.05) is 34.4 Å². The van der Waals surface area contributed by atoms with Crippen LogP contribution in [0.5, 0.6) is 0 Å². The van der Waals surface area contributed by atoms with E-state index in [1.165, 1.54) is 0 Å². The standard InChI is InChI=1S/C16H10N3.C15H15N4.Os/c1-2-6-12-10-17-15(9-11(12)5-1)16-18-13-7-3-4-8-14(13)19-16;1-15(2,3)14-17-13(18-19-14)12-11-7-5-4-6-10(11)8-9-16-12;/h1-10H;4-9H,1-3H3;/q2*-1;+2. The SMILES string of the molecule is CC(C)(C)c1n[n-]c(-c2nccc3ccccc23)n1.[Os+2].c1ccc2cc(-c3nc4ccccc4[n-]3)ncc2c1. The van der Waals surface area contributed by atoms with Crippen LogP contribution in [0.3, 0.4) is 0 Å². The van der Waals surface area contributed by atoms with E-state index in [2.05, 4.69) is 74.1 Å². The molecule has 3 aromatic carbocycles. The Hall–Kier alpha value is -4.27. The number of rotatable bonds is 2. The fraction of sp³-hybridized carbons (Fsp3) is 0.129. The van der Waals surface area contributed by atoms with E-state index < -0.39 is 0 Å². The van der Waals surface area contributed by atoms with Gasteiger partial charge in [-0.3, -0.25) is 15.1 Å². The summed E-state index contributed by atoms with van der Waals surface area (Å²) in [5, 5.41) is 12.8. The van der Waals surface area contributed by atoms with Crippen LogP contribution in [0.1, 0.15) is 26.6 Å². The third-order valence-electron chi connectivity index (χ3n) is 6.20. The van der Waals surface area contributed by atoms with E-state index in [-0.39, 0.29) is 25.2 Å². The second kappa shape index (κ2) is 10.8. The predicted octanol–water partition coefficient (Wildman–Crippen LogP) is 6.35. The van der Waals surface area contributed by atoms with Gasteiger partial charge in [-0.05, 0) is 45.6 Å². The molecule has 0 aliphatic rings. The molecule has 7 nitrogen and oxygen atoms in total. The summed E-state index contributed by atoms with van der Waals surface area (Å²) in [4.78, 5) is 22.4. The molecule has 0 bridgehead atoms. The largest absolute Gasteiger partial charge is 2.00 e. The van der Waals surface area contributed by atoms with Crippen LogP contribution in [0.2, 0.25) is 0 Å². The second-order valence-corrected chi connectivity index (χ2v) is 10.0. The predicted molar refractivity (Wildman–Crippen MR) is 151 cm³/mol. The van der Waals surface area contributed by atoms with Crippen molar-refractivity contribution in [2.75, 3.05) is 0 Å². The Morgan fingerprint density at radius 3 is 2.18 bits per heavy atom. The van der Waals surface area contributed by atoms with Gasteiger partial charge < -0.3 is 20.1 Å². The molecule has 0 spiro atoms. The maximum absolute atomic E-state index is 4.52. The molecular formula is C31H25N7Os. The monoisotopic (exact) mass is 687 g/mol. The number of para-hydroxylation sites is 2. The number of benzene rings is 3. The average Bonchev–Trinajstić information content (AvgIpc) is 3.61. The Morgan fingerprint density at radius 2 is 1.41 bits per heavy atom. The first kappa shape index (κ1) is 26.3. The third-order valence-corrected chi connectivity index (χ3v) is 6.20. The number of aromatic nitrogens is 7. The molecule has 0 amide bonds. The molecule has 0 aliphatic carbocycles. The number of hydrogen-bond acceptors (Lipinski definition) is 5. The van der Waals surface area contributed by atoms with Crippen LogP contribution in [0.4, 0.5) is 0 Å². The fourth-order valence-electron chi connectivity index (χ4n) is 4.18. The Bertz CT molecular complexity index is 1840. The van der Waals surface area contributed by atoms with Gasteiger partial charge in [0.15, 0.2) is 0 Å². The summed E-state index contributed by atoms with van der Waals surface area (Å²) in [5.41, 5.74) is 3.33.